The Bertz CT molecular complexity index is 624. The topological polar surface area (TPSA) is 61.4 Å². The second-order valence-corrected chi connectivity index (χ2v) is 6.25. The first-order chi connectivity index (χ1) is 10.9. The zero-order valence-electron chi connectivity index (χ0n) is 12.2. The number of rotatable bonds is 3. The van der Waals surface area contributed by atoms with Gasteiger partial charge in [-0.05, 0) is 30.7 Å². The van der Waals surface area contributed by atoms with Crippen LogP contribution < -0.4 is 15.5 Å². The van der Waals surface area contributed by atoms with Gasteiger partial charge in [0, 0.05) is 23.7 Å². The van der Waals surface area contributed by atoms with Crippen LogP contribution in [0, 0.1) is 0 Å². The van der Waals surface area contributed by atoms with Gasteiger partial charge in [0.1, 0.15) is 6.04 Å². The highest BCUT2D eigenvalue weighted by molar-refractivity contribution is 6.30. The molecule has 0 aliphatic carbocycles. The number of amides is 2. The molecular weight excluding hydrogens is 328 g/mol. The van der Waals surface area contributed by atoms with Crippen molar-refractivity contribution in [2.45, 2.75) is 30.8 Å². The lowest BCUT2D eigenvalue weighted by Crippen LogP contribution is -2.48. The van der Waals surface area contributed by atoms with Crippen LogP contribution in [0.4, 0.5) is 14.5 Å². The summed E-state index contributed by atoms with van der Waals surface area (Å²) in [4.78, 5) is 26.0. The van der Waals surface area contributed by atoms with Crippen molar-refractivity contribution < 1.29 is 18.4 Å². The Morgan fingerprint density at radius 1 is 1.35 bits per heavy atom. The molecule has 3 rings (SSSR count). The molecule has 0 bridgehead atoms. The summed E-state index contributed by atoms with van der Waals surface area (Å²) in [6.45, 7) is -0.0553. The van der Waals surface area contributed by atoms with E-state index in [2.05, 4.69) is 10.6 Å². The zero-order valence-corrected chi connectivity index (χ0v) is 12.9. The lowest BCUT2D eigenvalue weighted by atomic mass is 10.1. The summed E-state index contributed by atoms with van der Waals surface area (Å²) in [5, 5.41) is 5.62. The van der Waals surface area contributed by atoms with Crippen molar-refractivity contribution in [2.24, 2.45) is 0 Å². The fourth-order valence-electron chi connectivity index (χ4n) is 2.86. The first-order valence-electron chi connectivity index (χ1n) is 7.34. The predicted octanol–water partition coefficient (Wildman–Crippen LogP) is 1.56. The van der Waals surface area contributed by atoms with E-state index in [-0.39, 0.29) is 5.91 Å². The number of hydrogen-bond acceptors (Lipinski definition) is 3. The van der Waals surface area contributed by atoms with Crippen LogP contribution in [0.1, 0.15) is 12.8 Å². The smallest absolute Gasteiger partial charge is 0.262 e. The third-order valence-electron chi connectivity index (χ3n) is 4.09. The highest BCUT2D eigenvalue weighted by atomic mass is 35.5. The molecule has 1 aromatic rings. The van der Waals surface area contributed by atoms with Crippen molar-refractivity contribution in [3.8, 4) is 0 Å². The fraction of sp³-hybridized carbons (Fsp3) is 0.467. The van der Waals surface area contributed by atoms with Crippen LogP contribution in [0.2, 0.25) is 5.02 Å². The van der Waals surface area contributed by atoms with Crippen LogP contribution in [0.15, 0.2) is 24.3 Å². The number of alkyl halides is 2. The van der Waals surface area contributed by atoms with E-state index in [0.29, 0.717) is 23.7 Å². The third kappa shape index (κ3) is 3.45. The highest BCUT2D eigenvalue weighted by Crippen LogP contribution is 2.26. The van der Waals surface area contributed by atoms with E-state index >= 15 is 0 Å². The molecular formula is C15H16ClF2N3O2. The van der Waals surface area contributed by atoms with E-state index < -0.39 is 36.9 Å². The number of carbonyl (C=O) groups excluding carboxylic acids is 2. The quantitative estimate of drug-likeness (QED) is 0.875. The molecule has 23 heavy (non-hydrogen) atoms. The van der Waals surface area contributed by atoms with Crippen molar-refractivity contribution >= 4 is 29.1 Å². The molecule has 2 amide bonds. The van der Waals surface area contributed by atoms with E-state index in [1.807, 2.05) is 0 Å². The molecule has 2 unspecified atom stereocenters. The molecule has 0 aromatic heterocycles. The molecule has 8 heteroatoms. The normalized spacial score (nSPS) is 26.6. The van der Waals surface area contributed by atoms with Crippen LogP contribution in [0.3, 0.4) is 0 Å². The number of anilines is 1. The molecule has 2 aliphatic rings. The predicted molar refractivity (Wildman–Crippen MR) is 81.7 cm³/mol. The average Bonchev–Trinajstić information content (AvgIpc) is 3.04. The Balaban J connectivity index is 1.61. The Hall–Kier alpha value is -1.73. The average molecular weight is 344 g/mol. The number of nitrogens with one attached hydrogen (secondary N) is 2. The third-order valence-corrected chi connectivity index (χ3v) is 4.34. The first-order valence-corrected chi connectivity index (χ1v) is 7.72. The van der Waals surface area contributed by atoms with Gasteiger partial charge in [-0.15, -0.1) is 0 Å². The van der Waals surface area contributed by atoms with Crippen molar-refractivity contribution in [3.63, 3.8) is 0 Å². The lowest BCUT2D eigenvalue weighted by molar-refractivity contribution is -0.127. The molecule has 2 saturated heterocycles. The Labute approximate surface area is 137 Å². The van der Waals surface area contributed by atoms with Crippen molar-refractivity contribution in [2.75, 3.05) is 18.0 Å². The van der Waals surface area contributed by atoms with Gasteiger partial charge >= 0.3 is 0 Å². The summed E-state index contributed by atoms with van der Waals surface area (Å²) in [7, 11) is 0. The van der Waals surface area contributed by atoms with Crippen LogP contribution in [-0.4, -0.2) is 42.9 Å². The van der Waals surface area contributed by atoms with E-state index in [1.54, 1.807) is 29.2 Å². The van der Waals surface area contributed by atoms with Gasteiger partial charge in [-0.25, -0.2) is 8.78 Å². The molecule has 2 N–H and O–H groups in total. The van der Waals surface area contributed by atoms with Crippen LogP contribution in [-0.2, 0) is 9.59 Å². The van der Waals surface area contributed by atoms with Gasteiger partial charge in [0.15, 0.2) is 0 Å². The second-order valence-electron chi connectivity index (χ2n) is 5.81. The summed E-state index contributed by atoms with van der Waals surface area (Å²) in [5.74, 6) is -3.68. The minimum Gasteiger partial charge on any atom is -0.343 e. The molecule has 0 radical (unpaired) electrons. The number of hydrogen-bond donors (Lipinski definition) is 2. The van der Waals surface area contributed by atoms with Gasteiger partial charge in [-0.3, -0.25) is 14.9 Å². The number of carbonyl (C=O) groups is 2. The molecule has 1 aromatic carbocycles. The maximum atomic E-state index is 13.1. The van der Waals surface area contributed by atoms with E-state index in [1.165, 1.54) is 0 Å². The monoisotopic (exact) mass is 343 g/mol. The van der Waals surface area contributed by atoms with Gasteiger partial charge in [-0.2, -0.15) is 0 Å². The van der Waals surface area contributed by atoms with Crippen molar-refractivity contribution in [1.29, 1.82) is 0 Å². The Morgan fingerprint density at radius 3 is 2.65 bits per heavy atom. The maximum absolute atomic E-state index is 13.1. The minimum absolute atomic E-state index is 0.245. The van der Waals surface area contributed by atoms with Gasteiger partial charge in [0.2, 0.25) is 11.8 Å². The molecule has 2 aliphatic heterocycles. The van der Waals surface area contributed by atoms with Gasteiger partial charge in [0.05, 0.1) is 12.6 Å². The van der Waals surface area contributed by atoms with Crippen LogP contribution in [0.25, 0.3) is 0 Å². The molecule has 5 nitrogen and oxygen atoms in total. The van der Waals surface area contributed by atoms with Crippen LogP contribution >= 0.6 is 11.6 Å². The Kier molecular flexibility index (Phi) is 4.25. The van der Waals surface area contributed by atoms with E-state index in [4.69, 9.17) is 11.6 Å². The van der Waals surface area contributed by atoms with Crippen LogP contribution in [0.5, 0.6) is 0 Å². The SMILES string of the molecule is O=C(NC1CCN(c2ccc(Cl)cc2)C1=O)C1CC(F)(F)CN1. The summed E-state index contributed by atoms with van der Waals surface area (Å²) in [6, 6.07) is 5.17. The number of benzene rings is 1. The van der Waals surface area contributed by atoms with Gasteiger partial charge in [-0.1, -0.05) is 11.6 Å². The highest BCUT2D eigenvalue weighted by Gasteiger charge is 2.43. The van der Waals surface area contributed by atoms with Gasteiger partial charge in [0.25, 0.3) is 5.92 Å². The van der Waals surface area contributed by atoms with Crippen molar-refractivity contribution in [3.05, 3.63) is 29.3 Å². The Morgan fingerprint density at radius 2 is 2.04 bits per heavy atom. The number of nitrogens with zero attached hydrogens (tertiary/aromatic N) is 1. The summed E-state index contributed by atoms with van der Waals surface area (Å²) in [5.41, 5.74) is 0.696. The maximum Gasteiger partial charge on any atom is 0.262 e. The molecule has 0 spiro atoms. The largest absolute Gasteiger partial charge is 0.343 e. The molecule has 124 valence electrons. The lowest BCUT2D eigenvalue weighted by Gasteiger charge is -2.18. The van der Waals surface area contributed by atoms with Gasteiger partial charge < -0.3 is 10.2 Å². The summed E-state index contributed by atoms with van der Waals surface area (Å²) in [6.07, 6.45) is -0.100. The second kappa shape index (κ2) is 6.05. The molecule has 2 atom stereocenters. The van der Waals surface area contributed by atoms with E-state index in [9.17, 15) is 18.4 Å². The zero-order chi connectivity index (χ0) is 16.6. The van der Waals surface area contributed by atoms with E-state index in [0.717, 1.165) is 0 Å². The summed E-state index contributed by atoms with van der Waals surface area (Å²) < 4.78 is 26.3. The molecule has 0 saturated carbocycles. The summed E-state index contributed by atoms with van der Waals surface area (Å²) >= 11 is 5.82. The fourth-order valence-corrected chi connectivity index (χ4v) is 2.99. The minimum atomic E-state index is -2.88. The molecule has 2 heterocycles. The molecule has 2 fully saturated rings. The first kappa shape index (κ1) is 16.1. The number of halogens is 3. The standard InChI is InChI=1S/C15H16ClF2N3O2/c16-9-1-3-10(4-2-9)21-6-5-11(14(21)23)20-13(22)12-7-15(17,18)8-19-12/h1-4,11-12,19H,5-8H2,(H,20,22). The van der Waals surface area contributed by atoms with Crippen molar-refractivity contribution in [1.82, 2.24) is 10.6 Å².